The zero-order valence-corrected chi connectivity index (χ0v) is 19.9. The number of ether oxygens (including phenoxy) is 1. The Kier molecular flexibility index (Phi) is 7.65. The van der Waals surface area contributed by atoms with Gasteiger partial charge in [0.15, 0.2) is 12.2 Å². The molecule has 11 nitrogen and oxygen atoms in total. The summed E-state index contributed by atoms with van der Waals surface area (Å²) in [5.41, 5.74) is 3.96. The van der Waals surface area contributed by atoms with E-state index in [1.165, 1.54) is 29.3 Å². The van der Waals surface area contributed by atoms with Gasteiger partial charge in [-0.15, -0.1) is 0 Å². The predicted molar refractivity (Wildman–Crippen MR) is 126 cm³/mol. The van der Waals surface area contributed by atoms with Crippen molar-refractivity contribution in [3.8, 4) is 0 Å². The minimum absolute atomic E-state index is 0.199. The number of piperidine rings is 1. The Balaban J connectivity index is 0.000000261. The fourth-order valence-corrected chi connectivity index (χ4v) is 6.07. The van der Waals surface area contributed by atoms with Gasteiger partial charge in [-0.2, -0.15) is 0 Å². The smallest absolute Gasteiger partial charge is 0.335 e. The molecule has 0 amide bonds. The Bertz CT molecular complexity index is 1110. The number of hydrogen-bond donors (Lipinski definition) is 6. The SMILES string of the molecule is COC(=O)C1C(O)CCC2CN3CCc4c([nH]c5ccccc45)C3CC21.O=C(O)C(O)C(O)C(=O)O. The molecule has 1 aromatic carbocycles. The van der Waals surface area contributed by atoms with Crippen LogP contribution in [0.4, 0.5) is 0 Å². The quantitative estimate of drug-likeness (QED) is 0.321. The van der Waals surface area contributed by atoms with Gasteiger partial charge in [0, 0.05) is 29.7 Å². The van der Waals surface area contributed by atoms with Gasteiger partial charge in [0.25, 0.3) is 0 Å². The minimum atomic E-state index is -2.27. The van der Waals surface area contributed by atoms with Crippen molar-refractivity contribution in [2.24, 2.45) is 17.8 Å². The number of methoxy groups -OCH3 is 1. The molecule has 0 bridgehead atoms. The second-order valence-corrected chi connectivity index (χ2v) is 9.74. The van der Waals surface area contributed by atoms with Crippen LogP contribution < -0.4 is 0 Å². The van der Waals surface area contributed by atoms with Crippen LogP contribution in [-0.4, -0.2) is 91.8 Å². The Morgan fingerprint density at radius 1 is 1.08 bits per heavy atom. The van der Waals surface area contributed by atoms with Gasteiger partial charge in [-0.25, -0.2) is 9.59 Å². The van der Waals surface area contributed by atoms with Crippen LogP contribution in [0, 0.1) is 17.8 Å². The first-order chi connectivity index (χ1) is 17.1. The molecular weight excluding hydrogens is 472 g/mol. The van der Waals surface area contributed by atoms with E-state index in [1.54, 1.807) is 0 Å². The fourth-order valence-electron chi connectivity index (χ4n) is 6.07. The molecule has 2 fully saturated rings. The number of aromatic amines is 1. The molecule has 2 aromatic rings. The molecule has 0 radical (unpaired) electrons. The molecule has 0 spiro atoms. The topological polar surface area (TPSA) is 181 Å². The Labute approximate surface area is 207 Å². The number of carbonyl (C=O) groups excluding carboxylic acids is 1. The van der Waals surface area contributed by atoms with Crippen molar-refractivity contribution >= 4 is 28.8 Å². The van der Waals surface area contributed by atoms with Crippen molar-refractivity contribution in [3.05, 3.63) is 35.5 Å². The number of hydrogen-bond acceptors (Lipinski definition) is 8. The molecular formula is C25H32N2O9. The molecule has 11 heteroatoms. The van der Waals surface area contributed by atoms with Crippen molar-refractivity contribution in [1.29, 1.82) is 0 Å². The van der Waals surface area contributed by atoms with Crippen LogP contribution in [0.3, 0.4) is 0 Å². The molecule has 3 aliphatic rings. The fraction of sp³-hybridized carbons (Fsp3) is 0.560. The van der Waals surface area contributed by atoms with E-state index in [-0.39, 0.29) is 17.8 Å². The van der Waals surface area contributed by atoms with Crippen molar-refractivity contribution in [2.75, 3.05) is 20.2 Å². The maximum Gasteiger partial charge on any atom is 0.335 e. The van der Waals surface area contributed by atoms with Gasteiger partial charge >= 0.3 is 17.9 Å². The monoisotopic (exact) mass is 504 g/mol. The lowest BCUT2D eigenvalue weighted by Gasteiger charge is -2.50. The van der Waals surface area contributed by atoms with E-state index in [2.05, 4.69) is 34.1 Å². The highest BCUT2D eigenvalue weighted by Gasteiger charge is 2.49. The molecule has 6 N–H and O–H groups in total. The highest BCUT2D eigenvalue weighted by atomic mass is 16.5. The van der Waals surface area contributed by atoms with E-state index < -0.39 is 30.3 Å². The maximum absolute atomic E-state index is 12.4. The summed E-state index contributed by atoms with van der Waals surface area (Å²) in [6, 6.07) is 8.83. The van der Waals surface area contributed by atoms with Gasteiger partial charge in [0.05, 0.1) is 25.2 Å². The summed E-state index contributed by atoms with van der Waals surface area (Å²) in [6.45, 7) is 2.10. The third-order valence-electron chi connectivity index (χ3n) is 7.83. The van der Waals surface area contributed by atoms with E-state index in [0.29, 0.717) is 18.4 Å². The van der Waals surface area contributed by atoms with Crippen LogP contribution in [0.2, 0.25) is 0 Å². The number of para-hydroxylation sites is 1. The molecule has 1 aliphatic carbocycles. The highest BCUT2D eigenvalue weighted by Crippen LogP contribution is 2.49. The molecule has 2 aliphatic heterocycles. The lowest BCUT2D eigenvalue weighted by Crippen LogP contribution is -2.53. The van der Waals surface area contributed by atoms with Crippen LogP contribution in [-0.2, 0) is 25.5 Å². The second-order valence-electron chi connectivity index (χ2n) is 9.74. The number of aliphatic hydroxyl groups is 3. The van der Waals surface area contributed by atoms with Gasteiger partial charge in [0.2, 0.25) is 0 Å². The highest BCUT2D eigenvalue weighted by molar-refractivity contribution is 5.85. The van der Waals surface area contributed by atoms with Crippen LogP contribution in [0.15, 0.2) is 24.3 Å². The molecule has 5 rings (SSSR count). The first-order valence-corrected chi connectivity index (χ1v) is 12.0. The summed E-state index contributed by atoms with van der Waals surface area (Å²) in [5, 5.41) is 44.3. The number of carboxylic acids is 2. The number of benzene rings is 1. The summed E-state index contributed by atoms with van der Waals surface area (Å²) in [4.78, 5) is 38.2. The normalized spacial score (nSPS) is 28.9. The van der Waals surface area contributed by atoms with Gasteiger partial charge in [-0.05, 0) is 49.1 Å². The first kappa shape index (κ1) is 26.1. The lowest BCUT2D eigenvalue weighted by atomic mass is 9.65. The average molecular weight is 505 g/mol. The lowest BCUT2D eigenvalue weighted by molar-refractivity contribution is -0.165. The van der Waals surface area contributed by atoms with Crippen LogP contribution >= 0.6 is 0 Å². The van der Waals surface area contributed by atoms with E-state index in [1.807, 2.05) is 0 Å². The number of carbonyl (C=O) groups is 3. The van der Waals surface area contributed by atoms with E-state index in [9.17, 15) is 19.5 Å². The molecule has 7 atom stereocenters. The third kappa shape index (κ3) is 4.83. The van der Waals surface area contributed by atoms with E-state index >= 15 is 0 Å². The number of fused-ring (bicyclic) bond motifs is 6. The zero-order chi connectivity index (χ0) is 26.1. The van der Waals surface area contributed by atoms with Gasteiger partial charge in [-0.3, -0.25) is 9.69 Å². The van der Waals surface area contributed by atoms with Crippen molar-refractivity contribution in [3.63, 3.8) is 0 Å². The summed E-state index contributed by atoms with van der Waals surface area (Å²) >= 11 is 0. The summed E-state index contributed by atoms with van der Waals surface area (Å²) in [5.74, 6) is -3.48. The molecule has 1 aromatic heterocycles. The van der Waals surface area contributed by atoms with Crippen molar-refractivity contribution in [1.82, 2.24) is 9.88 Å². The Morgan fingerprint density at radius 3 is 2.39 bits per heavy atom. The van der Waals surface area contributed by atoms with Crippen LogP contribution in [0.1, 0.15) is 36.6 Å². The Hall–Kier alpha value is -2.99. The van der Waals surface area contributed by atoms with Gasteiger partial charge in [0.1, 0.15) is 0 Å². The average Bonchev–Trinajstić information content (AvgIpc) is 3.25. The van der Waals surface area contributed by atoms with Crippen LogP contribution in [0.25, 0.3) is 10.9 Å². The number of nitrogens with zero attached hydrogens (tertiary/aromatic N) is 1. The Morgan fingerprint density at radius 2 is 1.75 bits per heavy atom. The first-order valence-electron chi connectivity index (χ1n) is 12.0. The van der Waals surface area contributed by atoms with Gasteiger partial charge in [-0.1, -0.05) is 18.2 Å². The number of rotatable bonds is 4. The molecule has 1 saturated carbocycles. The molecule has 1 saturated heterocycles. The predicted octanol–water partition coefficient (Wildman–Crippen LogP) is 0.524. The molecule has 196 valence electrons. The number of carboxylic acid groups (broad SMARTS) is 2. The number of esters is 1. The van der Waals surface area contributed by atoms with E-state index in [4.69, 9.17) is 25.2 Å². The summed E-state index contributed by atoms with van der Waals surface area (Å²) < 4.78 is 5.04. The second kappa shape index (κ2) is 10.6. The number of nitrogens with one attached hydrogen (secondary N) is 1. The molecule has 7 unspecified atom stereocenters. The standard InChI is InChI=1S/C21H26N2O3.C4H6O6/c1-26-21(25)19-15-10-17-20-14(13-4-2-3-5-16(13)22-20)8-9-23(17)11-12(15)6-7-18(19)24;5-1(3(7)8)2(6)4(9)10/h2-5,12,15,17-19,22,24H,6-11H2,1H3;1-2,5-6H,(H,7,8)(H,9,10). The number of aromatic nitrogens is 1. The minimum Gasteiger partial charge on any atom is -0.479 e. The number of aliphatic hydroxyl groups excluding tert-OH is 3. The molecule has 36 heavy (non-hydrogen) atoms. The number of aliphatic carboxylic acids is 2. The summed E-state index contributed by atoms with van der Waals surface area (Å²) in [6.07, 6.45) is -1.40. The van der Waals surface area contributed by atoms with E-state index in [0.717, 1.165) is 32.4 Å². The summed E-state index contributed by atoms with van der Waals surface area (Å²) in [7, 11) is 1.43. The van der Waals surface area contributed by atoms with Crippen LogP contribution in [0.5, 0.6) is 0 Å². The van der Waals surface area contributed by atoms with Crippen molar-refractivity contribution < 1.29 is 44.7 Å². The number of H-pyrrole nitrogens is 1. The molecule has 3 heterocycles. The largest absolute Gasteiger partial charge is 0.479 e. The third-order valence-corrected chi connectivity index (χ3v) is 7.83. The zero-order valence-electron chi connectivity index (χ0n) is 19.9. The van der Waals surface area contributed by atoms with Crippen molar-refractivity contribution in [2.45, 2.75) is 50.0 Å². The van der Waals surface area contributed by atoms with Gasteiger partial charge < -0.3 is 35.3 Å². The maximum atomic E-state index is 12.4.